The average Bonchev–Trinajstić information content (AvgIpc) is 3.03. The molecular weight excluding hydrogens is 260 g/mol. The topological polar surface area (TPSA) is 24.5 Å². The zero-order valence-corrected chi connectivity index (χ0v) is 13.3. The van der Waals surface area contributed by atoms with Crippen LogP contribution in [0.2, 0.25) is 0 Å². The molecule has 2 aliphatic rings. The Morgan fingerprint density at radius 1 is 1.24 bits per heavy atom. The van der Waals surface area contributed by atoms with Crippen LogP contribution in [0.4, 0.5) is 0 Å². The Balaban J connectivity index is 1.83. The Hall–Kier alpha value is -0.900. The third kappa shape index (κ3) is 3.15. The van der Waals surface area contributed by atoms with Gasteiger partial charge in [0, 0.05) is 38.3 Å². The molecule has 1 aliphatic carbocycles. The van der Waals surface area contributed by atoms with Gasteiger partial charge in [-0.05, 0) is 31.2 Å². The third-order valence-corrected chi connectivity index (χ3v) is 5.25. The van der Waals surface area contributed by atoms with Crippen molar-refractivity contribution >= 4 is 0 Å². The Kier molecular flexibility index (Phi) is 4.94. The van der Waals surface area contributed by atoms with Crippen molar-refractivity contribution in [1.82, 2.24) is 10.2 Å². The first-order valence-corrected chi connectivity index (χ1v) is 8.40. The van der Waals surface area contributed by atoms with Gasteiger partial charge in [-0.25, -0.2) is 0 Å². The molecule has 1 aromatic rings. The molecule has 1 aliphatic heterocycles. The van der Waals surface area contributed by atoms with E-state index in [1.807, 2.05) is 7.11 Å². The summed E-state index contributed by atoms with van der Waals surface area (Å²) in [5.41, 5.74) is 1.43. The normalized spacial score (nSPS) is 34.2. The van der Waals surface area contributed by atoms with Gasteiger partial charge in [0.2, 0.25) is 0 Å². The van der Waals surface area contributed by atoms with Crippen molar-refractivity contribution in [1.29, 1.82) is 0 Å². The van der Waals surface area contributed by atoms with Crippen molar-refractivity contribution in [3.63, 3.8) is 0 Å². The lowest BCUT2D eigenvalue weighted by Crippen LogP contribution is -2.57. The number of benzene rings is 1. The second-order valence-corrected chi connectivity index (χ2v) is 6.41. The van der Waals surface area contributed by atoms with Crippen LogP contribution in [0.3, 0.4) is 0 Å². The van der Waals surface area contributed by atoms with Gasteiger partial charge in [-0.2, -0.15) is 0 Å². The first kappa shape index (κ1) is 15.0. The second-order valence-electron chi connectivity index (χ2n) is 6.41. The van der Waals surface area contributed by atoms with E-state index in [4.69, 9.17) is 4.74 Å². The molecule has 1 heterocycles. The number of piperazine rings is 1. The fourth-order valence-electron chi connectivity index (χ4n) is 4.03. The summed E-state index contributed by atoms with van der Waals surface area (Å²) < 4.78 is 5.77. The first-order chi connectivity index (χ1) is 10.3. The van der Waals surface area contributed by atoms with E-state index in [0.29, 0.717) is 24.2 Å². The summed E-state index contributed by atoms with van der Waals surface area (Å²) in [5.74, 6) is 0. The molecule has 3 heteroatoms. The molecule has 1 saturated heterocycles. The predicted molar refractivity (Wildman–Crippen MR) is 86.4 cm³/mol. The zero-order valence-electron chi connectivity index (χ0n) is 13.3. The van der Waals surface area contributed by atoms with Crippen LogP contribution in [0.5, 0.6) is 0 Å². The summed E-state index contributed by atoms with van der Waals surface area (Å²) in [6.45, 7) is 4.47. The molecule has 3 rings (SSSR count). The fraction of sp³-hybridized carbons (Fsp3) is 0.667. The Labute approximate surface area is 128 Å². The van der Waals surface area contributed by atoms with Gasteiger partial charge in [0.15, 0.2) is 0 Å². The van der Waals surface area contributed by atoms with E-state index >= 15 is 0 Å². The SMILES string of the molecule is CCC1CN(C2CCCC2OC)C(c2ccccc2)CN1. The minimum absolute atomic E-state index is 0.409. The van der Waals surface area contributed by atoms with Crippen molar-refractivity contribution in [3.8, 4) is 0 Å². The lowest BCUT2D eigenvalue weighted by atomic mass is 9.97. The lowest BCUT2D eigenvalue weighted by Gasteiger charge is -2.45. The highest BCUT2D eigenvalue weighted by atomic mass is 16.5. The maximum atomic E-state index is 5.77. The zero-order chi connectivity index (χ0) is 14.7. The van der Waals surface area contributed by atoms with Gasteiger partial charge < -0.3 is 10.1 Å². The summed E-state index contributed by atoms with van der Waals surface area (Å²) in [6.07, 6.45) is 5.39. The van der Waals surface area contributed by atoms with Gasteiger partial charge in [0.1, 0.15) is 0 Å². The molecule has 1 saturated carbocycles. The van der Waals surface area contributed by atoms with Crippen molar-refractivity contribution in [2.45, 2.75) is 56.8 Å². The smallest absolute Gasteiger partial charge is 0.0726 e. The molecule has 0 aromatic heterocycles. The van der Waals surface area contributed by atoms with Gasteiger partial charge in [-0.15, -0.1) is 0 Å². The monoisotopic (exact) mass is 288 g/mol. The minimum atomic E-state index is 0.409. The van der Waals surface area contributed by atoms with Crippen LogP contribution >= 0.6 is 0 Å². The molecule has 0 spiro atoms. The van der Waals surface area contributed by atoms with Gasteiger partial charge in [0.05, 0.1) is 6.10 Å². The molecule has 2 fully saturated rings. The molecule has 0 radical (unpaired) electrons. The van der Waals surface area contributed by atoms with Crippen LogP contribution in [0, 0.1) is 0 Å². The van der Waals surface area contributed by atoms with Gasteiger partial charge in [-0.3, -0.25) is 4.90 Å². The highest BCUT2D eigenvalue weighted by molar-refractivity contribution is 5.21. The molecular formula is C18H28N2O. The molecule has 3 nitrogen and oxygen atoms in total. The van der Waals surface area contributed by atoms with E-state index in [0.717, 1.165) is 13.1 Å². The molecule has 0 bridgehead atoms. The number of nitrogens with one attached hydrogen (secondary N) is 1. The summed E-state index contributed by atoms with van der Waals surface area (Å²) in [6, 6.07) is 12.6. The number of hydrogen-bond donors (Lipinski definition) is 1. The molecule has 4 unspecified atom stereocenters. The quantitative estimate of drug-likeness (QED) is 0.922. The summed E-state index contributed by atoms with van der Waals surface area (Å²) in [7, 11) is 1.88. The average molecular weight is 288 g/mol. The second kappa shape index (κ2) is 6.91. The van der Waals surface area contributed by atoms with E-state index in [1.165, 1.54) is 31.2 Å². The first-order valence-electron chi connectivity index (χ1n) is 8.40. The standard InChI is InChI=1S/C18H28N2O/c1-3-15-13-20(16-10-7-11-18(16)21-2)17(12-19-15)14-8-5-4-6-9-14/h4-6,8-9,15-19H,3,7,10-13H2,1-2H3. The number of ether oxygens (including phenoxy) is 1. The van der Waals surface area contributed by atoms with Crippen molar-refractivity contribution in [2.75, 3.05) is 20.2 Å². The summed E-state index contributed by atoms with van der Waals surface area (Å²) in [5, 5.41) is 3.72. The van der Waals surface area contributed by atoms with Gasteiger partial charge >= 0.3 is 0 Å². The van der Waals surface area contributed by atoms with Crippen LogP contribution < -0.4 is 5.32 Å². The van der Waals surface area contributed by atoms with E-state index in [9.17, 15) is 0 Å². The fourth-order valence-corrected chi connectivity index (χ4v) is 4.03. The Bertz CT molecular complexity index is 436. The summed E-state index contributed by atoms with van der Waals surface area (Å²) >= 11 is 0. The van der Waals surface area contributed by atoms with Crippen molar-refractivity contribution in [3.05, 3.63) is 35.9 Å². The maximum Gasteiger partial charge on any atom is 0.0726 e. The van der Waals surface area contributed by atoms with Gasteiger partial charge in [-0.1, -0.05) is 37.3 Å². The maximum absolute atomic E-state index is 5.77. The summed E-state index contributed by atoms with van der Waals surface area (Å²) in [4.78, 5) is 2.72. The van der Waals surface area contributed by atoms with Crippen molar-refractivity contribution < 1.29 is 4.74 Å². The van der Waals surface area contributed by atoms with E-state index in [-0.39, 0.29) is 0 Å². The van der Waals surface area contributed by atoms with Crippen LogP contribution in [0.1, 0.15) is 44.2 Å². The number of hydrogen-bond acceptors (Lipinski definition) is 3. The van der Waals surface area contributed by atoms with E-state index in [1.54, 1.807) is 0 Å². The van der Waals surface area contributed by atoms with E-state index < -0.39 is 0 Å². The van der Waals surface area contributed by atoms with Crippen molar-refractivity contribution in [2.24, 2.45) is 0 Å². The Morgan fingerprint density at radius 2 is 2.05 bits per heavy atom. The van der Waals surface area contributed by atoms with Crippen LogP contribution in [0.25, 0.3) is 0 Å². The van der Waals surface area contributed by atoms with E-state index in [2.05, 4.69) is 47.5 Å². The number of nitrogens with zero attached hydrogens (tertiary/aromatic N) is 1. The predicted octanol–water partition coefficient (Wildman–Crippen LogP) is 2.98. The molecule has 21 heavy (non-hydrogen) atoms. The number of methoxy groups -OCH3 is 1. The molecule has 116 valence electrons. The third-order valence-electron chi connectivity index (χ3n) is 5.25. The van der Waals surface area contributed by atoms with Crippen LogP contribution in [-0.2, 0) is 4.74 Å². The number of rotatable bonds is 4. The molecule has 4 atom stereocenters. The minimum Gasteiger partial charge on any atom is -0.380 e. The molecule has 1 aromatic carbocycles. The molecule has 0 amide bonds. The van der Waals surface area contributed by atoms with Gasteiger partial charge in [0.25, 0.3) is 0 Å². The Morgan fingerprint density at radius 3 is 2.76 bits per heavy atom. The largest absolute Gasteiger partial charge is 0.380 e. The lowest BCUT2D eigenvalue weighted by molar-refractivity contribution is -0.00463. The highest BCUT2D eigenvalue weighted by Crippen LogP contribution is 2.34. The van der Waals surface area contributed by atoms with Crippen LogP contribution in [0.15, 0.2) is 30.3 Å². The van der Waals surface area contributed by atoms with Crippen LogP contribution in [-0.4, -0.2) is 43.3 Å². The molecule has 1 N–H and O–H groups in total. The highest BCUT2D eigenvalue weighted by Gasteiger charge is 2.39.